The summed E-state index contributed by atoms with van der Waals surface area (Å²) >= 11 is 12.1. The van der Waals surface area contributed by atoms with Gasteiger partial charge in [-0.1, -0.05) is 23.2 Å². The molecule has 1 atom stereocenters. The smallest absolute Gasteiger partial charge is 0.254 e. The monoisotopic (exact) mass is 388 g/mol. The zero-order valence-corrected chi connectivity index (χ0v) is 15.3. The summed E-state index contributed by atoms with van der Waals surface area (Å²) in [6.07, 6.45) is 5.52. The molecule has 1 aliphatic rings. The normalized spacial score (nSPS) is 17.2. The number of nitrogens with zero attached hydrogens (tertiary/aromatic N) is 2. The van der Waals surface area contributed by atoms with E-state index in [9.17, 15) is 4.79 Å². The Bertz CT molecular complexity index is 698. The summed E-state index contributed by atoms with van der Waals surface area (Å²) < 4.78 is 1.58. The molecular formula is C16H19Cl3N4O. The van der Waals surface area contributed by atoms with Gasteiger partial charge in [-0.2, -0.15) is 5.10 Å². The molecule has 1 unspecified atom stereocenters. The van der Waals surface area contributed by atoms with E-state index in [0.29, 0.717) is 33.8 Å². The molecule has 1 amide bonds. The maximum absolute atomic E-state index is 12.2. The highest BCUT2D eigenvalue weighted by molar-refractivity contribution is 6.35. The highest BCUT2D eigenvalue weighted by Crippen LogP contribution is 2.24. The standard InChI is InChI=1S/C16H18Cl2N4O.ClH/c17-13-3-4-15(14(18)6-13)22-10-12(9-21-22)16(23)20-8-11-2-1-5-19-7-11;/h3-4,6,9-11,19H,1-2,5,7-8H2,(H,20,23);1H. The number of halogens is 3. The van der Waals surface area contributed by atoms with Crippen LogP contribution >= 0.6 is 35.6 Å². The molecule has 1 fully saturated rings. The van der Waals surface area contributed by atoms with E-state index in [1.165, 1.54) is 0 Å². The molecule has 24 heavy (non-hydrogen) atoms. The lowest BCUT2D eigenvalue weighted by molar-refractivity contribution is 0.0945. The maximum atomic E-state index is 12.2. The Morgan fingerprint density at radius 1 is 1.42 bits per heavy atom. The van der Waals surface area contributed by atoms with Crippen LogP contribution in [0.2, 0.25) is 10.0 Å². The number of hydrogen-bond donors (Lipinski definition) is 2. The summed E-state index contributed by atoms with van der Waals surface area (Å²) in [5.74, 6) is 0.375. The summed E-state index contributed by atoms with van der Waals surface area (Å²) in [7, 11) is 0. The summed E-state index contributed by atoms with van der Waals surface area (Å²) in [5, 5.41) is 11.6. The van der Waals surface area contributed by atoms with Gasteiger partial charge in [0.1, 0.15) is 0 Å². The topological polar surface area (TPSA) is 59.0 Å². The molecule has 3 rings (SSSR count). The van der Waals surface area contributed by atoms with Crippen molar-refractivity contribution in [3.63, 3.8) is 0 Å². The van der Waals surface area contributed by atoms with E-state index in [-0.39, 0.29) is 18.3 Å². The zero-order valence-electron chi connectivity index (χ0n) is 13.0. The fourth-order valence-corrected chi connectivity index (χ4v) is 3.17. The summed E-state index contributed by atoms with van der Waals surface area (Å²) in [5.41, 5.74) is 1.20. The summed E-state index contributed by atoms with van der Waals surface area (Å²) in [4.78, 5) is 12.2. The van der Waals surface area contributed by atoms with Gasteiger partial charge in [-0.3, -0.25) is 4.79 Å². The van der Waals surface area contributed by atoms with E-state index < -0.39 is 0 Å². The van der Waals surface area contributed by atoms with Gasteiger partial charge >= 0.3 is 0 Å². The number of hydrogen-bond acceptors (Lipinski definition) is 3. The fourth-order valence-electron chi connectivity index (χ4n) is 2.68. The molecule has 2 N–H and O–H groups in total. The van der Waals surface area contributed by atoms with Gasteiger partial charge in [-0.05, 0) is 50.0 Å². The van der Waals surface area contributed by atoms with Crippen LogP contribution in [0, 0.1) is 5.92 Å². The van der Waals surface area contributed by atoms with Crippen LogP contribution in [-0.2, 0) is 0 Å². The molecule has 2 aromatic rings. The molecule has 1 aliphatic heterocycles. The van der Waals surface area contributed by atoms with Crippen molar-refractivity contribution >= 4 is 41.5 Å². The first-order chi connectivity index (χ1) is 11.1. The second-order valence-corrected chi connectivity index (χ2v) is 6.54. The number of nitrogens with one attached hydrogen (secondary N) is 2. The van der Waals surface area contributed by atoms with Crippen LogP contribution in [-0.4, -0.2) is 35.3 Å². The van der Waals surface area contributed by atoms with Gasteiger partial charge < -0.3 is 10.6 Å². The van der Waals surface area contributed by atoms with Crippen LogP contribution in [0.15, 0.2) is 30.6 Å². The minimum absolute atomic E-state index is 0. The van der Waals surface area contributed by atoms with Crippen molar-refractivity contribution in [2.24, 2.45) is 5.92 Å². The molecule has 0 bridgehead atoms. The van der Waals surface area contributed by atoms with E-state index in [4.69, 9.17) is 23.2 Å². The van der Waals surface area contributed by atoms with Crippen molar-refractivity contribution in [2.45, 2.75) is 12.8 Å². The molecule has 1 aromatic carbocycles. The second kappa shape index (κ2) is 8.72. The Morgan fingerprint density at radius 3 is 2.96 bits per heavy atom. The molecule has 2 heterocycles. The van der Waals surface area contributed by atoms with Crippen LogP contribution in [0.4, 0.5) is 0 Å². The summed E-state index contributed by atoms with van der Waals surface area (Å²) in [6.45, 7) is 2.71. The van der Waals surface area contributed by atoms with E-state index in [1.807, 2.05) is 0 Å². The molecular weight excluding hydrogens is 371 g/mol. The number of aromatic nitrogens is 2. The Labute approximate surface area is 157 Å². The van der Waals surface area contributed by atoms with E-state index in [2.05, 4.69) is 15.7 Å². The number of amides is 1. The molecule has 0 saturated carbocycles. The maximum Gasteiger partial charge on any atom is 0.254 e. The largest absolute Gasteiger partial charge is 0.352 e. The third kappa shape index (κ3) is 4.63. The van der Waals surface area contributed by atoms with Crippen LogP contribution in [0.1, 0.15) is 23.2 Å². The molecule has 1 saturated heterocycles. The van der Waals surface area contributed by atoms with E-state index >= 15 is 0 Å². The predicted molar refractivity (Wildman–Crippen MR) is 98.8 cm³/mol. The lowest BCUT2D eigenvalue weighted by atomic mass is 10.00. The third-order valence-corrected chi connectivity index (χ3v) is 4.49. The molecule has 5 nitrogen and oxygen atoms in total. The number of rotatable bonds is 4. The molecule has 1 aromatic heterocycles. The van der Waals surface area contributed by atoms with Crippen LogP contribution in [0.25, 0.3) is 5.69 Å². The van der Waals surface area contributed by atoms with E-state index in [1.54, 1.807) is 35.3 Å². The van der Waals surface area contributed by atoms with Crippen molar-refractivity contribution in [1.82, 2.24) is 20.4 Å². The van der Waals surface area contributed by atoms with Gasteiger partial charge in [0.05, 0.1) is 22.5 Å². The lowest BCUT2D eigenvalue weighted by Crippen LogP contribution is -2.38. The van der Waals surface area contributed by atoms with Crippen LogP contribution in [0.5, 0.6) is 0 Å². The van der Waals surface area contributed by atoms with Crippen molar-refractivity contribution in [1.29, 1.82) is 0 Å². The Hall–Kier alpha value is -1.27. The minimum atomic E-state index is -0.119. The first-order valence-corrected chi connectivity index (χ1v) is 8.38. The SMILES string of the molecule is Cl.O=C(NCC1CCCNC1)c1cnn(-c2ccc(Cl)cc2Cl)c1. The lowest BCUT2D eigenvalue weighted by Gasteiger charge is -2.22. The zero-order chi connectivity index (χ0) is 16.2. The van der Waals surface area contributed by atoms with Crippen LogP contribution in [0.3, 0.4) is 0 Å². The van der Waals surface area contributed by atoms with Crippen molar-refractivity contribution in [3.05, 3.63) is 46.2 Å². The predicted octanol–water partition coefficient (Wildman–Crippen LogP) is 3.33. The molecule has 8 heteroatoms. The number of piperidine rings is 1. The van der Waals surface area contributed by atoms with Gasteiger partial charge in [0.15, 0.2) is 0 Å². The van der Waals surface area contributed by atoms with Gasteiger partial charge in [-0.15, -0.1) is 12.4 Å². The van der Waals surface area contributed by atoms with Crippen molar-refractivity contribution in [2.75, 3.05) is 19.6 Å². The first kappa shape index (κ1) is 19.1. The highest BCUT2D eigenvalue weighted by Gasteiger charge is 2.16. The average Bonchev–Trinajstić information content (AvgIpc) is 3.03. The Morgan fingerprint density at radius 2 is 2.25 bits per heavy atom. The molecule has 0 spiro atoms. The van der Waals surface area contributed by atoms with Crippen molar-refractivity contribution in [3.8, 4) is 5.69 Å². The number of carbonyl (C=O) groups excluding carboxylic acids is 1. The first-order valence-electron chi connectivity index (χ1n) is 7.62. The number of carbonyl (C=O) groups is 1. The number of benzene rings is 1. The van der Waals surface area contributed by atoms with Crippen LogP contribution < -0.4 is 10.6 Å². The van der Waals surface area contributed by atoms with Crippen molar-refractivity contribution < 1.29 is 4.79 Å². The van der Waals surface area contributed by atoms with Gasteiger partial charge in [-0.25, -0.2) is 4.68 Å². The minimum Gasteiger partial charge on any atom is -0.352 e. The molecule has 0 aliphatic carbocycles. The van der Waals surface area contributed by atoms with Gasteiger partial charge in [0.25, 0.3) is 5.91 Å². The van der Waals surface area contributed by atoms with Gasteiger partial charge in [0, 0.05) is 17.8 Å². The molecule has 0 radical (unpaired) electrons. The summed E-state index contributed by atoms with van der Waals surface area (Å²) in [6, 6.07) is 5.16. The Kier molecular flexibility index (Phi) is 6.92. The third-order valence-electron chi connectivity index (χ3n) is 3.95. The quantitative estimate of drug-likeness (QED) is 0.843. The fraction of sp³-hybridized carbons (Fsp3) is 0.375. The Balaban J connectivity index is 0.00000208. The highest BCUT2D eigenvalue weighted by atomic mass is 35.5. The molecule has 130 valence electrons. The van der Waals surface area contributed by atoms with Gasteiger partial charge in [0.2, 0.25) is 0 Å². The van der Waals surface area contributed by atoms with E-state index in [0.717, 1.165) is 25.9 Å². The average molecular weight is 390 g/mol. The second-order valence-electron chi connectivity index (χ2n) is 5.69.